The van der Waals surface area contributed by atoms with Crippen LogP contribution >= 0.6 is 11.6 Å². The van der Waals surface area contributed by atoms with Crippen molar-refractivity contribution in [3.8, 4) is 11.3 Å². The van der Waals surface area contributed by atoms with E-state index >= 15 is 0 Å². The summed E-state index contributed by atoms with van der Waals surface area (Å²) in [5, 5.41) is 9.89. The fourth-order valence-corrected chi connectivity index (χ4v) is 2.78. The minimum atomic E-state index is -0.312. The number of aromatic amines is 1. The van der Waals surface area contributed by atoms with Crippen molar-refractivity contribution in [3.63, 3.8) is 0 Å². The van der Waals surface area contributed by atoms with Crippen molar-refractivity contribution in [2.24, 2.45) is 0 Å². The summed E-state index contributed by atoms with van der Waals surface area (Å²) in [5.41, 5.74) is 1.72. The summed E-state index contributed by atoms with van der Waals surface area (Å²) in [5.74, 6) is -0.294. The van der Waals surface area contributed by atoms with E-state index in [1.165, 1.54) is 0 Å². The maximum atomic E-state index is 12.7. The number of hydrogen-bond donors (Lipinski definition) is 2. The molecule has 0 saturated carbocycles. The average Bonchev–Trinajstić information content (AvgIpc) is 3.02. The molecule has 26 heavy (non-hydrogen) atoms. The standard InChI is InChI=1S/C18H19ClN4O3/c1-26-8-2-7-23-10-14(16-15(11-23)18(25)22-21-16)17(24)20-9-12-3-5-13(19)6-4-12/h3-6,10-11H,2,7-9H2,1H3,(H,20,24)(H,22,25). The zero-order chi connectivity index (χ0) is 18.5. The van der Waals surface area contributed by atoms with E-state index in [2.05, 4.69) is 15.5 Å². The molecule has 136 valence electrons. The number of nitrogens with zero attached hydrogens (tertiary/aromatic N) is 2. The Morgan fingerprint density at radius 3 is 2.81 bits per heavy atom. The molecule has 1 aromatic rings. The number of halogens is 1. The van der Waals surface area contributed by atoms with Crippen molar-refractivity contribution >= 4 is 17.5 Å². The van der Waals surface area contributed by atoms with Crippen LogP contribution in [0, 0.1) is 0 Å². The Morgan fingerprint density at radius 1 is 1.31 bits per heavy atom. The summed E-state index contributed by atoms with van der Waals surface area (Å²) in [6.07, 6.45) is 4.17. The number of nitrogens with one attached hydrogen (secondary N) is 2. The van der Waals surface area contributed by atoms with Gasteiger partial charge < -0.3 is 14.6 Å². The second kappa shape index (κ2) is 8.16. The Bertz CT molecular complexity index is 917. The first-order valence-electron chi connectivity index (χ1n) is 8.18. The lowest BCUT2D eigenvalue weighted by atomic mass is 10.1. The number of H-pyrrole nitrogens is 1. The van der Waals surface area contributed by atoms with Gasteiger partial charge in [0.15, 0.2) is 0 Å². The number of carbonyl (C=O) groups excluding carboxylic acids is 1. The highest BCUT2D eigenvalue weighted by Gasteiger charge is 2.21. The molecule has 3 rings (SSSR count). The van der Waals surface area contributed by atoms with Crippen LogP contribution in [-0.2, 0) is 17.8 Å². The van der Waals surface area contributed by atoms with Crippen LogP contribution in [0.3, 0.4) is 0 Å². The van der Waals surface area contributed by atoms with E-state index in [0.29, 0.717) is 41.5 Å². The van der Waals surface area contributed by atoms with E-state index < -0.39 is 0 Å². The van der Waals surface area contributed by atoms with Crippen molar-refractivity contribution in [2.75, 3.05) is 13.7 Å². The molecule has 0 aliphatic carbocycles. The van der Waals surface area contributed by atoms with Gasteiger partial charge in [-0.25, -0.2) is 5.10 Å². The Morgan fingerprint density at radius 2 is 2.08 bits per heavy atom. The van der Waals surface area contributed by atoms with Gasteiger partial charge in [0.2, 0.25) is 0 Å². The van der Waals surface area contributed by atoms with Crippen LogP contribution in [0.5, 0.6) is 0 Å². The van der Waals surface area contributed by atoms with Crippen LogP contribution < -0.4 is 10.9 Å². The Hall–Kier alpha value is -2.64. The van der Waals surface area contributed by atoms with Crippen LogP contribution in [-0.4, -0.2) is 34.4 Å². The molecular weight excluding hydrogens is 356 g/mol. The third-order valence-electron chi connectivity index (χ3n) is 3.99. The number of aryl methyl sites for hydroxylation is 1. The van der Waals surface area contributed by atoms with Gasteiger partial charge in [-0.3, -0.25) is 9.59 Å². The summed E-state index contributed by atoms with van der Waals surface area (Å²) in [6.45, 7) is 1.58. The predicted octanol–water partition coefficient (Wildman–Crippen LogP) is 2.30. The number of aromatic nitrogens is 3. The molecule has 0 saturated heterocycles. The molecule has 0 fully saturated rings. The van der Waals surface area contributed by atoms with Crippen molar-refractivity contribution in [1.29, 1.82) is 0 Å². The molecule has 7 nitrogen and oxygen atoms in total. The van der Waals surface area contributed by atoms with Crippen LogP contribution in [0.25, 0.3) is 11.3 Å². The number of carbonyl (C=O) groups is 1. The van der Waals surface area contributed by atoms with Crippen LogP contribution in [0.15, 0.2) is 41.5 Å². The van der Waals surface area contributed by atoms with E-state index in [-0.39, 0.29) is 11.5 Å². The number of methoxy groups -OCH3 is 1. The number of pyridine rings is 1. The van der Waals surface area contributed by atoms with Crippen molar-refractivity contribution < 1.29 is 9.53 Å². The Balaban J connectivity index is 1.81. The minimum absolute atomic E-state index is 0.294. The molecule has 2 N–H and O–H groups in total. The second-order valence-corrected chi connectivity index (χ2v) is 6.32. The van der Waals surface area contributed by atoms with E-state index in [4.69, 9.17) is 16.3 Å². The molecule has 0 aromatic heterocycles. The van der Waals surface area contributed by atoms with E-state index in [9.17, 15) is 9.59 Å². The average molecular weight is 375 g/mol. The molecule has 0 bridgehead atoms. The van der Waals surface area contributed by atoms with Gasteiger partial charge in [0.25, 0.3) is 11.5 Å². The molecule has 2 heterocycles. The highest BCUT2D eigenvalue weighted by molar-refractivity contribution is 6.30. The molecule has 2 aliphatic heterocycles. The zero-order valence-corrected chi connectivity index (χ0v) is 15.0. The summed E-state index contributed by atoms with van der Waals surface area (Å²) < 4.78 is 6.87. The molecule has 2 aliphatic rings. The first kappa shape index (κ1) is 18.2. The van der Waals surface area contributed by atoms with Gasteiger partial charge in [0.05, 0.1) is 11.1 Å². The third-order valence-corrected chi connectivity index (χ3v) is 4.24. The smallest absolute Gasteiger partial charge is 0.275 e. The fraction of sp³-hybridized carbons (Fsp3) is 0.278. The molecule has 1 amide bonds. The largest absolute Gasteiger partial charge is 0.385 e. The number of ether oxygens (including phenoxy) is 1. The number of rotatable bonds is 7. The Kier molecular flexibility index (Phi) is 5.70. The van der Waals surface area contributed by atoms with Gasteiger partial charge in [0, 0.05) is 44.2 Å². The zero-order valence-electron chi connectivity index (χ0n) is 14.3. The second-order valence-electron chi connectivity index (χ2n) is 5.88. The number of hydrogen-bond acceptors (Lipinski definition) is 4. The van der Waals surface area contributed by atoms with Gasteiger partial charge in [-0.2, -0.15) is 5.10 Å². The lowest BCUT2D eigenvalue weighted by Gasteiger charge is -2.13. The first-order chi connectivity index (χ1) is 12.6. The maximum Gasteiger partial charge on any atom is 0.275 e. The summed E-state index contributed by atoms with van der Waals surface area (Å²) >= 11 is 5.87. The lowest BCUT2D eigenvalue weighted by molar-refractivity contribution is 0.0950. The molecule has 8 heteroatoms. The summed E-state index contributed by atoms with van der Waals surface area (Å²) in [4.78, 5) is 24.6. The van der Waals surface area contributed by atoms with Crippen molar-refractivity contribution in [2.45, 2.75) is 19.5 Å². The van der Waals surface area contributed by atoms with Gasteiger partial charge >= 0.3 is 0 Å². The first-order valence-corrected chi connectivity index (χ1v) is 8.56. The highest BCUT2D eigenvalue weighted by atomic mass is 35.5. The van der Waals surface area contributed by atoms with Crippen molar-refractivity contribution in [3.05, 3.63) is 63.2 Å². The molecular formula is C18H19ClN4O3. The summed E-state index contributed by atoms with van der Waals surface area (Å²) in [6, 6.07) is 7.23. The molecule has 1 aromatic carbocycles. The SMILES string of the molecule is COCCCn1cc(C(=O)NCc2ccc(Cl)cc2)c2n[nH]c(=O)c-2c1. The van der Waals surface area contributed by atoms with Gasteiger partial charge in [-0.1, -0.05) is 23.7 Å². The lowest BCUT2D eigenvalue weighted by Crippen LogP contribution is -2.25. The number of amides is 1. The number of fused-ring (bicyclic) bond motifs is 1. The van der Waals surface area contributed by atoms with Crippen molar-refractivity contribution in [1.82, 2.24) is 20.1 Å². The maximum absolute atomic E-state index is 12.7. The Labute approximate surface area is 155 Å². The van der Waals surface area contributed by atoms with E-state index in [0.717, 1.165) is 12.0 Å². The minimum Gasteiger partial charge on any atom is -0.385 e. The summed E-state index contributed by atoms with van der Waals surface area (Å²) in [7, 11) is 1.63. The quantitative estimate of drug-likeness (QED) is 0.621. The van der Waals surface area contributed by atoms with Crippen LogP contribution in [0.4, 0.5) is 0 Å². The third kappa shape index (κ3) is 4.12. The van der Waals surface area contributed by atoms with Gasteiger partial charge in [0.1, 0.15) is 5.69 Å². The van der Waals surface area contributed by atoms with E-state index in [1.807, 2.05) is 16.7 Å². The molecule has 0 spiro atoms. The molecule has 0 radical (unpaired) electrons. The van der Waals surface area contributed by atoms with Crippen LogP contribution in [0.2, 0.25) is 5.02 Å². The monoisotopic (exact) mass is 374 g/mol. The predicted molar refractivity (Wildman–Crippen MR) is 98.6 cm³/mol. The fourth-order valence-electron chi connectivity index (χ4n) is 2.66. The highest BCUT2D eigenvalue weighted by Crippen LogP contribution is 2.20. The number of benzene rings is 1. The van der Waals surface area contributed by atoms with E-state index in [1.54, 1.807) is 31.6 Å². The van der Waals surface area contributed by atoms with Gasteiger partial charge in [-0.05, 0) is 24.1 Å². The molecule has 0 unspecified atom stereocenters. The van der Waals surface area contributed by atoms with Crippen LogP contribution in [0.1, 0.15) is 22.3 Å². The van der Waals surface area contributed by atoms with Gasteiger partial charge in [-0.15, -0.1) is 0 Å². The normalized spacial score (nSPS) is 11.0. The topological polar surface area (TPSA) is 89.0 Å². The molecule has 0 atom stereocenters.